The minimum Gasteiger partial charge on any atom is -0.459 e. The Kier molecular flexibility index (Phi) is 5.33. The maximum absolute atomic E-state index is 12.8. The fraction of sp³-hybridized carbons (Fsp3) is 0.125. The maximum Gasteiger partial charge on any atom is 0.258 e. The molecule has 0 radical (unpaired) electrons. The number of para-hydroxylation sites is 1. The third kappa shape index (κ3) is 3.47. The van der Waals surface area contributed by atoms with Crippen molar-refractivity contribution < 1.29 is 14.3 Å². The van der Waals surface area contributed by atoms with Crippen molar-refractivity contribution in [1.29, 1.82) is 0 Å². The van der Waals surface area contributed by atoms with Crippen LogP contribution in [0.2, 0.25) is 10.0 Å². The molecular formula is C24H19Cl2NO3. The van der Waals surface area contributed by atoms with Crippen molar-refractivity contribution in [2.75, 3.05) is 5.32 Å². The van der Waals surface area contributed by atoms with E-state index in [1.54, 1.807) is 44.2 Å². The second-order valence-electron chi connectivity index (χ2n) is 7.20. The Hall–Kier alpha value is -2.79. The largest absolute Gasteiger partial charge is 0.459 e. The highest BCUT2D eigenvalue weighted by Gasteiger charge is 2.32. The summed E-state index contributed by atoms with van der Waals surface area (Å²) >= 11 is 12.3. The van der Waals surface area contributed by atoms with Crippen molar-refractivity contribution in [3.05, 3.63) is 99.2 Å². The fourth-order valence-corrected chi connectivity index (χ4v) is 4.32. The van der Waals surface area contributed by atoms with Crippen LogP contribution in [0.4, 0.5) is 5.69 Å². The predicted octanol–water partition coefficient (Wildman–Crippen LogP) is 6.56. The highest BCUT2D eigenvalue weighted by molar-refractivity contribution is 6.40. The number of aryl methyl sites for hydroxylation is 1. The van der Waals surface area contributed by atoms with Gasteiger partial charge in [0.25, 0.3) is 5.91 Å². The number of benzene rings is 3. The Morgan fingerprint density at radius 1 is 0.967 bits per heavy atom. The van der Waals surface area contributed by atoms with E-state index in [0.717, 1.165) is 5.56 Å². The molecule has 1 unspecified atom stereocenters. The van der Waals surface area contributed by atoms with Gasteiger partial charge in [0, 0.05) is 10.9 Å². The van der Waals surface area contributed by atoms with Crippen LogP contribution in [0.25, 0.3) is 11.0 Å². The van der Waals surface area contributed by atoms with Crippen molar-refractivity contribution in [2.24, 2.45) is 0 Å². The first-order valence-corrected chi connectivity index (χ1v) is 10.1. The van der Waals surface area contributed by atoms with Gasteiger partial charge in [0.15, 0.2) is 5.58 Å². The fourth-order valence-electron chi connectivity index (χ4n) is 3.75. The number of rotatable bonds is 4. The summed E-state index contributed by atoms with van der Waals surface area (Å²) in [5.41, 5.74) is 1.25. The first kappa shape index (κ1) is 20.5. The molecule has 1 amide bonds. The van der Waals surface area contributed by atoms with Crippen molar-refractivity contribution >= 4 is 45.8 Å². The lowest BCUT2D eigenvalue weighted by Gasteiger charge is -2.24. The lowest BCUT2D eigenvalue weighted by atomic mass is 9.86. The highest BCUT2D eigenvalue weighted by Crippen LogP contribution is 2.40. The molecule has 0 spiro atoms. The van der Waals surface area contributed by atoms with Gasteiger partial charge in [-0.2, -0.15) is 0 Å². The van der Waals surface area contributed by atoms with Gasteiger partial charge in [-0.05, 0) is 37.6 Å². The predicted molar refractivity (Wildman–Crippen MR) is 120 cm³/mol. The zero-order valence-corrected chi connectivity index (χ0v) is 17.9. The molecule has 0 aliphatic rings. The second kappa shape index (κ2) is 7.80. The molecule has 152 valence electrons. The summed E-state index contributed by atoms with van der Waals surface area (Å²) in [7, 11) is 0. The summed E-state index contributed by atoms with van der Waals surface area (Å²) in [6.45, 7) is 3.53. The normalized spacial score (nSPS) is 13.2. The Balaban J connectivity index is 1.80. The van der Waals surface area contributed by atoms with Crippen LogP contribution in [-0.4, -0.2) is 11.0 Å². The quantitative estimate of drug-likeness (QED) is 0.378. The van der Waals surface area contributed by atoms with Crippen LogP contribution in [0.5, 0.6) is 0 Å². The number of carbonyl (C=O) groups excluding carboxylic acids is 1. The van der Waals surface area contributed by atoms with Gasteiger partial charge in [-0.3, -0.25) is 4.79 Å². The van der Waals surface area contributed by atoms with E-state index >= 15 is 0 Å². The summed E-state index contributed by atoms with van der Waals surface area (Å²) in [5, 5.41) is 15.4. The van der Waals surface area contributed by atoms with Gasteiger partial charge < -0.3 is 14.8 Å². The summed E-state index contributed by atoms with van der Waals surface area (Å²) in [5.74, 6) is 0.125. The number of nitrogens with one attached hydrogen (secondary N) is 1. The smallest absolute Gasteiger partial charge is 0.258 e. The molecule has 2 N–H and O–H groups in total. The summed E-state index contributed by atoms with van der Waals surface area (Å²) in [6.07, 6.45) is 0. The topological polar surface area (TPSA) is 62.5 Å². The van der Waals surface area contributed by atoms with Crippen LogP contribution in [0.1, 0.15) is 34.2 Å². The monoisotopic (exact) mass is 439 g/mol. The maximum atomic E-state index is 12.8. The molecule has 1 aromatic heterocycles. The standard InChI is InChI=1S/C24H19Cl2NO3/c1-14-21(24(2,29)15-8-4-3-5-9-15)16-10-6-13-19(22(16)30-14)27-23(28)20-17(25)11-7-12-18(20)26/h3-13,29H,1-2H3,(H,27,28). The minimum atomic E-state index is -1.27. The van der Waals surface area contributed by atoms with E-state index in [9.17, 15) is 9.90 Å². The van der Waals surface area contributed by atoms with E-state index < -0.39 is 11.5 Å². The second-order valence-corrected chi connectivity index (χ2v) is 8.02. The zero-order valence-electron chi connectivity index (χ0n) is 16.4. The van der Waals surface area contributed by atoms with E-state index in [1.165, 1.54) is 0 Å². The van der Waals surface area contributed by atoms with Gasteiger partial charge in [0.2, 0.25) is 0 Å². The molecular weight excluding hydrogens is 421 g/mol. The lowest BCUT2D eigenvalue weighted by molar-refractivity contribution is 0.101. The van der Waals surface area contributed by atoms with Crippen molar-refractivity contribution in [2.45, 2.75) is 19.4 Å². The van der Waals surface area contributed by atoms with Gasteiger partial charge in [-0.25, -0.2) is 0 Å². The van der Waals surface area contributed by atoms with Gasteiger partial charge in [-0.15, -0.1) is 0 Å². The summed E-state index contributed by atoms with van der Waals surface area (Å²) < 4.78 is 5.99. The number of hydrogen-bond donors (Lipinski definition) is 2. The average molecular weight is 440 g/mol. The molecule has 6 heteroatoms. The molecule has 1 heterocycles. The SMILES string of the molecule is Cc1oc2c(NC(=O)c3c(Cl)cccc3Cl)cccc2c1C(C)(O)c1ccccc1. The molecule has 30 heavy (non-hydrogen) atoms. The average Bonchev–Trinajstić information content (AvgIpc) is 3.06. The molecule has 0 aliphatic carbocycles. The number of amides is 1. The van der Waals surface area contributed by atoms with Crippen LogP contribution in [-0.2, 0) is 5.60 Å². The first-order valence-electron chi connectivity index (χ1n) is 9.36. The summed E-state index contributed by atoms with van der Waals surface area (Å²) in [6, 6.07) is 19.7. The van der Waals surface area contributed by atoms with Crippen molar-refractivity contribution in [3.63, 3.8) is 0 Å². The number of fused-ring (bicyclic) bond motifs is 1. The molecule has 1 atom stereocenters. The molecule has 0 saturated heterocycles. The van der Waals surface area contributed by atoms with E-state index in [0.29, 0.717) is 28.0 Å². The third-order valence-electron chi connectivity index (χ3n) is 5.15. The molecule has 0 fully saturated rings. The molecule has 3 aromatic carbocycles. The van der Waals surface area contributed by atoms with Crippen molar-refractivity contribution in [1.82, 2.24) is 0 Å². The first-order chi connectivity index (χ1) is 14.3. The van der Waals surface area contributed by atoms with Crippen LogP contribution in [0.3, 0.4) is 0 Å². The minimum absolute atomic E-state index is 0.192. The Labute approximate surface area is 184 Å². The van der Waals surface area contributed by atoms with Gasteiger partial charge in [-0.1, -0.05) is 71.7 Å². The number of aliphatic hydroxyl groups is 1. The molecule has 0 saturated carbocycles. The Morgan fingerprint density at radius 2 is 1.60 bits per heavy atom. The van der Waals surface area contributed by atoms with E-state index in [1.807, 2.05) is 36.4 Å². The van der Waals surface area contributed by atoms with E-state index in [4.69, 9.17) is 27.6 Å². The molecule has 4 nitrogen and oxygen atoms in total. The number of hydrogen-bond acceptors (Lipinski definition) is 3. The number of anilines is 1. The highest BCUT2D eigenvalue weighted by atomic mass is 35.5. The van der Waals surface area contributed by atoms with Crippen LogP contribution < -0.4 is 5.32 Å². The molecule has 4 aromatic rings. The summed E-state index contributed by atoms with van der Waals surface area (Å²) in [4.78, 5) is 12.8. The van der Waals surface area contributed by atoms with Crippen LogP contribution in [0.15, 0.2) is 71.1 Å². The molecule has 4 rings (SSSR count). The van der Waals surface area contributed by atoms with E-state index in [2.05, 4.69) is 5.32 Å². The number of furan rings is 1. The lowest BCUT2D eigenvalue weighted by Crippen LogP contribution is -2.23. The Morgan fingerprint density at radius 3 is 2.27 bits per heavy atom. The molecule has 0 aliphatic heterocycles. The number of carbonyl (C=O) groups is 1. The van der Waals surface area contributed by atoms with Gasteiger partial charge in [0.05, 0.1) is 21.3 Å². The van der Waals surface area contributed by atoms with Crippen molar-refractivity contribution in [3.8, 4) is 0 Å². The Bertz CT molecular complexity index is 1230. The van der Waals surface area contributed by atoms with Crippen LogP contribution in [0, 0.1) is 6.92 Å². The zero-order chi connectivity index (χ0) is 21.5. The number of halogens is 2. The third-order valence-corrected chi connectivity index (χ3v) is 5.78. The van der Waals surface area contributed by atoms with E-state index in [-0.39, 0.29) is 15.6 Å². The van der Waals surface area contributed by atoms with Gasteiger partial charge in [0.1, 0.15) is 11.4 Å². The molecule has 0 bridgehead atoms. The van der Waals surface area contributed by atoms with Gasteiger partial charge >= 0.3 is 0 Å². The van der Waals surface area contributed by atoms with Crippen LogP contribution >= 0.6 is 23.2 Å².